The van der Waals surface area contributed by atoms with Crippen LogP contribution in [0.4, 0.5) is 0 Å². The van der Waals surface area contributed by atoms with Gasteiger partial charge in [-0.25, -0.2) is 0 Å². The second kappa shape index (κ2) is 6.99. The topological polar surface area (TPSA) is 46.2 Å². The number of amides is 1. The van der Waals surface area contributed by atoms with Crippen molar-refractivity contribution in [3.8, 4) is 0 Å². The molecule has 0 aliphatic rings. The molecule has 0 saturated heterocycles. The Kier molecular flexibility index (Phi) is 5.06. The Balaban J connectivity index is 2.32. The molecule has 0 aliphatic heterocycles. The Hall–Kier alpha value is -2.20. The van der Waals surface area contributed by atoms with Crippen LogP contribution in [0.1, 0.15) is 37.4 Å². The summed E-state index contributed by atoms with van der Waals surface area (Å²) in [7, 11) is 0. The van der Waals surface area contributed by atoms with Crippen molar-refractivity contribution in [2.45, 2.75) is 13.3 Å². The van der Waals surface area contributed by atoms with Gasteiger partial charge in [-0.05, 0) is 24.6 Å². The fourth-order valence-electron chi connectivity index (χ4n) is 1.96. The Morgan fingerprint density at radius 2 is 1.90 bits per heavy atom. The van der Waals surface area contributed by atoms with Crippen LogP contribution in [0.3, 0.4) is 0 Å². The molecule has 4 heteroatoms. The summed E-state index contributed by atoms with van der Waals surface area (Å²) in [5.41, 5.74) is 0.833. The normalized spacial score (nSPS) is 10.1. The van der Waals surface area contributed by atoms with Gasteiger partial charge in [0.25, 0.3) is 5.91 Å². The monoisotopic (exact) mass is 299 g/mol. The van der Waals surface area contributed by atoms with Crippen molar-refractivity contribution in [3.63, 3.8) is 0 Å². The lowest BCUT2D eigenvalue weighted by Crippen LogP contribution is -2.25. The minimum Gasteiger partial charge on any atom is -0.349 e. The van der Waals surface area contributed by atoms with Crippen LogP contribution < -0.4 is 5.32 Å². The fraction of sp³-hybridized carbons (Fsp3) is 0.176. The molecule has 2 rings (SSSR count). The van der Waals surface area contributed by atoms with E-state index in [0.717, 1.165) is 11.3 Å². The van der Waals surface area contributed by atoms with Gasteiger partial charge in [0.15, 0.2) is 0 Å². The number of aryl methyl sites for hydroxylation is 1. The first-order valence-corrected chi connectivity index (χ1v) is 7.60. The Morgan fingerprint density at radius 3 is 2.52 bits per heavy atom. The molecule has 1 amide bonds. The van der Waals surface area contributed by atoms with E-state index in [-0.39, 0.29) is 11.7 Å². The number of thiophene rings is 1. The molecule has 1 aromatic carbocycles. The first-order valence-electron chi connectivity index (χ1n) is 6.79. The molecule has 0 fully saturated rings. The van der Waals surface area contributed by atoms with E-state index in [1.165, 1.54) is 11.3 Å². The van der Waals surface area contributed by atoms with E-state index >= 15 is 0 Å². The Morgan fingerprint density at radius 1 is 1.19 bits per heavy atom. The highest BCUT2D eigenvalue weighted by Crippen LogP contribution is 2.22. The van der Waals surface area contributed by atoms with E-state index in [2.05, 4.69) is 18.8 Å². The molecular weight excluding hydrogens is 282 g/mol. The van der Waals surface area contributed by atoms with Crippen LogP contribution in [0.25, 0.3) is 0 Å². The maximum Gasteiger partial charge on any atom is 0.252 e. The van der Waals surface area contributed by atoms with Crippen molar-refractivity contribution < 1.29 is 9.59 Å². The predicted octanol–water partition coefficient (Wildman–Crippen LogP) is 3.46. The van der Waals surface area contributed by atoms with Gasteiger partial charge in [-0.3, -0.25) is 9.59 Å². The summed E-state index contributed by atoms with van der Waals surface area (Å²) in [5.74, 6) is -0.366. The van der Waals surface area contributed by atoms with Crippen LogP contribution >= 0.6 is 11.3 Å². The second-order valence-corrected chi connectivity index (χ2v) is 5.66. The lowest BCUT2D eigenvalue weighted by atomic mass is 10.0. The molecule has 0 aliphatic carbocycles. The zero-order valence-electron chi connectivity index (χ0n) is 11.9. The summed E-state index contributed by atoms with van der Waals surface area (Å²) in [6, 6.07) is 10.7. The van der Waals surface area contributed by atoms with E-state index in [9.17, 15) is 9.59 Å². The van der Waals surface area contributed by atoms with Crippen LogP contribution in [0.2, 0.25) is 0 Å². The molecule has 1 N–H and O–H groups in total. The molecule has 108 valence electrons. The highest BCUT2D eigenvalue weighted by molar-refractivity contribution is 7.14. The van der Waals surface area contributed by atoms with Crippen molar-refractivity contribution in [2.24, 2.45) is 0 Å². The van der Waals surface area contributed by atoms with E-state index < -0.39 is 0 Å². The third-order valence-corrected chi connectivity index (χ3v) is 4.29. The smallest absolute Gasteiger partial charge is 0.252 e. The zero-order valence-corrected chi connectivity index (χ0v) is 12.7. The highest BCUT2D eigenvalue weighted by Gasteiger charge is 2.18. The van der Waals surface area contributed by atoms with Crippen LogP contribution in [0.15, 0.2) is 49.1 Å². The van der Waals surface area contributed by atoms with Gasteiger partial charge in [-0.15, -0.1) is 17.9 Å². The summed E-state index contributed by atoms with van der Waals surface area (Å²) < 4.78 is 0. The molecule has 1 heterocycles. The number of ketones is 1. The number of rotatable bonds is 6. The van der Waals surface area contributed by atoms with Gasteiger partial charge in [-0.1, -0.05) is 31.2 Å². The molecule has 0 unspecified atom stereocenters. The summed E-state index contributed by atoms with van der Waals surface area (Å²) in [5, 5.41) is 2.71. The molecular formula is C17H17NO2S. The molecule has 0 spiro atoms. The van der Waals surface area contributed by atoms with Gasteiger partial charge >= 0.3 is 0 Å². The average molecular weight is 299 g/mol. The van der Waals surface area contributed by atoms with Crippen molar-refractivity contribution in [1.29, 1.82) is 0 Å². The lowest BCUT2D eigenvalue weighted by Gasteiger charge is -2.07. The molecule has 0 atom stereocenters. The highest BCUT2D eigenvalue weighted by atomic mass is 32.1. The van der Waals surface area contributed by atoms with Crippen LogP contribution in [-0.4, -0.2) is 18.2 Å². The minimum absolute atomic E-state index is 0.107. The maximum absolute atomic E-state index is 12.6. The number of carbonyl (C=O) groups is 2. The summed E-state index contributed by atoms with van der Waals surface area (Å²) in [6.07, 6.45) is 2.51. The molecule has 0 radical (unpaired) electrons. The van der Waals surface area contributed by atoms with Gasteiger partial charge in [0.2, 0.25) is 5.78 Å². The van der Waals surface area contributed by atoms with Crippen molar-refractivity contribution in [1.82, 2.24) is 5.32 Å². The summed E-state index contributed by atoms with van der Waals surface area (Å²) >= 11 is 1.48. The molecule has 21 heavy (non-hydrogen) atoms. The van der Waals surface area contributed by atoms with E-state index in [4.69, 9.17) is 0 Å². The third kappa shape index (κ3) is 3.47. The van der Waals surface area contributed by atoms with Crippen LogP contribution in [-0.2, 0) is 6.42 Å². The molecule has 1 aromatic heterocycles. The predicted molar refractivity (Wildman–Crippen MR) is 86.1 cm³/mol. The van der Waals surface area contributed by atoms with Gasteiger partial charge in [0.05, 0.1) is 10.4 Å². The number of nitrogens with one attached hydrogen (secondary N) is 1. The minimum atomic E-state index is -0.258. The third-order valence-electron chi connectivity index (χ3n) is 3.06. The standard InChI is InChI=1S/C17H17NO2S/c1-3-11-18-17(20)14-8-6-5-7-13(14)16(19)15-10-9-12(4-2)21-15/h3,5-10H,1,4,11H2,2H3,(H,18,20). The Labute approximate surface area is 128 Å². The lowest BCUT2D eigenvalue weighted by molar-refractivity contribution is 0.0946. The van der Waals surface area contributed by atoms with Gasteiger partial charge < -0.3 is 5.32 Å². The van der Waals surface area contributed by atoms with Gasteiger partial charge in [0, 0.05) is 17.0 Å². The summed E-state index contributed by atoms with van der Waals surface area (Å²) in [4.78, 5) is 26.5. The van der Waals surface area contributed by atoms with Crippen molar-refractivity contribution in [2.75, 3.05) is 6.54 Å². The van der Waals surface area contributed by atoms with E-state index in [1.807, 2.05) is 12.1 Å². The first-order chi connectivity index (χ1) is 10.2. The average Bonchev–Trinajstić information content (AvgIpc) is 3.01. The number of carbonyl (C=O) groups excluding carboxylic acids is 2. The Bertz CT molecular complexity index is 673. The number of hydrogen-bond donors (Lipinski definition) is 1. The van der Waals surface area contributed by atoms with E-state index in [1.54, 1.807) is 30.3 Å². The van der Waals surface area contributed by atoms with Crippen molar-refractivity contribution >= 4 is 23.0 Å². The quantitative estimate of drug-likeness (QED) is 0.656. The first kappa shape index (κ1) is 15.2. The molecule has 0 saturated carbocycles. The largest absolute Gasteiger partial charge is 0.349 e. The van der Waals surface area contributed by atoms with Crippen LogP contribution in [0.5, 0.6) is 0 Å². The van der Waals surface area contributed by atoms with Crippen LogP contribution in [0, 0.1) is 0 Å². The van der Waals surface area contributed by atoms with E-state index in [0.29, 0.717) is 22.5 Å². The SMILES string of the molecule is C=CCNC(=O)c1ccccc1C(=O)c1ccc(CC)s1. The van der Waals surface area contributed by atoms with Gasteiger partial charge in [-0.2, -0.15) is 0 Å². The second-order valence-electron chi connectivity index (χ2n) is 4.49. The molecule has 0 bridgehead atoms. The van der Waals surface area contributed by atoms with Gasteiger partial charge in [0.1, 0.15) is 0 Å². The summed E-state index contributed by atoms with van der Waals surface area (Å²) in [6.45, 7) is 5.99. The van der Waals surface area contributed by atoms with Crippen molar-refractivity contribution in [3.05, 3.63) is 69.9 Å². The number of benzene rings is 1. The fourth-order valence-corrected chi connectivity index (χ4v) is 2.86. The molecule has 3 nitrogen and oxygen atoms in total. The molecule has 2 aromatic rings. The maximum atomic E-state index is 12.6. The zero-order chi connectivity index (χ0) is 15.2. The number of hydrogen-bond acceptors (Lipinski definition) is 3.